The number of nitrogens with two attached hydrogens (primary N) is 1. The summed E-state index contributed by atoms with van der Waals surface area (Å²) in [6.07, 6.45) is 0. The van der Waals surface area contributed by atoms with Gasteiger partial charge in [-0.1, -0.05) is 32.7 Å². The average Bonchev–Trinajstić information content (AvgIpc) is 2.58. The summed E-state index contributed by atoms with van der Waals surface area (Å²) in [5.74, 6) is 0.292. The van der Waals surface area contributed by atoms with E-state index in [1.54, 1.807) is 6.07 Å². The minimum absolute atomic E-state index is 0.292. The maximum Gasteiger partial charge on any atom is 0.222 e. The summed E-state index contributed by atoms with van der Waals surface area (Å²) in [6.45, 7) is 1.93. The zero-order valence-electron chi connectivity index (χ0n) is 7.92. The van der Waals surface area contributed by atoms with Gasteiger partial charge in [0.1, 0.15) is 5.69 Å². The fourth-order valence-electron chi connectivity index (χ4n) is 1.33. The van der Waals surface area contributed by atoms with Crippen LogP contribution in [0.3, 0.4) is 0 Å². The highest BCUT2D eigenvalue weighted by Crippen LogP contribution is 2.32. The molecule has 1 heterocycles. The molecular formula is C10H8BrClN2O. The summed E-state index contributed by atoms with van der Waals surface area (Å²) in [5, 5.41) is 4.53. The normalized spacial score (nSPS) is 10.6. The molecule has 0 spiro atoms. The molecule has 2 rings (SSSR count). The van der Waals surface area contributed by atoms with Crippen molar-refractivity contribution in [3.8, 4) is 11.3 Å². The summed E-state index contributed by atoms with van der Waals surface area (Å²) >= 11 is 9.43. The van der Waals surface area contributed by atoms with Crippen LogP contribution in [0.2, 0.25) is 5.02 Å². The number of aromatic nitrogens is 1. The Balaban J connectivity index is 2.62. The van der Waals surface area contributed by atoms with Crippen molar-refractivity contribution in [1.82, 2.24) is 5.16 Å². The monoisotopic (exact) mass is 286 g/mol. The van der Waals surface area contributed by atoms with Gasteiger partial charge < -0.3 is 10.3 Å². The number of hydrogen-bond acceptors (Lipinski definition) is 3. The SMILES string of the molecule is Cc1c(Cl)cc(Br)cc1-c1cc(N)on1. The van der Waals surface area contributed by atoms with Gasteiger partial charge in [-0.2, -0.15) is 0 Å². The van der Waals surface area contributed by atoms with Crippen molar-refractivity contribution in [2.45, 2.75) is 6.92 Å². The van der Waals surface area contributed by atoms with E-state index in [0.29, 0.717) is 16.6 Å². The Morgan fingerprint density at radius 1 is 1.40 bits per heavy atom. The van der Waals surface area contributed by atoms with Crippen molar-refractivity contribution in [2.75, 3.05) is 5.73 Å². The van der Waals surface area contributed by atoms with Crippen molar-refractivity contribution >= 4 is 33.4 Å². The standard InChI is InChI=1S/C10H8BrClN2O/c1-5-7(2-6(11)3-8(5)12)9-4-10(13)15-14-9/h2-4H,13H2,1H3. The first kappa shape index (κ1) is 10.5. The van der Waals surface area contributed by atoms with Gasteiger partial charge >= 0.3 is 0 Å². The molecule has 0 atom stereocenters. The second-order valence-electron chi connectivity index (χ2n) is 3.17. The van der Waals surface area contributed by atoms with Crippen molar-refractivity contribution in [1.29, 1.82) is 0 Å². The second-order valence-corrected chi connectivity index (χ2v) is 4.50. The van der Waals surface area contributed by atoms with E-state index in [-0.39, 0.29) is 0 Å². The van der Waals surface area contributed by atoms with Crippen LogP contribution in [-0.2, 0) is 0 Å². The van der Waals surface area contributed by atoms with Crippen LogP contribution < -0.4 is 5.73 Å². The van der Waals surface area contributed by atoms with Gasteiger partial charge in [-0.3, -0.25) is 0 Å². The molecule has 0 aliphatic heterocycles. The summed E-state index contributed by atoms with van der Waals surface area (Å²) in [7, 11) is 0. The molecule has 1 aromatic carbocycles. The first-order chi connectivity index (χ1) is 7.08. The van der Waals surface area contributed by atoms with E-state index in [9.17, 15) is 0 Å². The third-order valence-corrected chi connectivity index (χ3v) is 2.96. The number of anilines is 1. The van der Waals surface area contributed by atoms with Gasteiger partial charge in [0.05, 0.1) is 0 Å². The molecule has 1 aromatic heterocycles. The molecule has 0 aliphatic rings. The lowest BCUT2D eigenvalue weighted by molar-refractivity contribution is 0.439. The summed E-state index contributed by atoms with van der Waals surface area (Å²) in [6, 6.07) is 5.44. The smallest absolute Gasteiger partial charge is 0.222 e. The number of nitrogens with zero attached hydrogens (tertiary/aromatic N) is 1. The molecule has 15 heavy (non-hydrogen) atoms. The predicted octanol–water partition coefficient (Wildman–Crippen LogP) is 3.65. The van der Waals surface area contributed by atoms with Crippen LogP contribution in [0.1, 0.15) is 5.56 Å². The molecule has 0 saturated carbocycles. The first-order valence-electron chi connectivity index (χ1n) is 4.26. The zero-order chi connectivity index (χ0) is 11.0. The van der Waals surface area contributed by atoms with Crippen molar-refractivity contribution in [3.05, 3.63) is 33.3 Å². The van der Waals surface area contributed by atoms with Gasteiger partial charge in [-0.15, -0.1) is 0 Å². The van der Waals surface area contributed by atoms with E-state index in [1.807, 2.05) is 19.1 Å². The largest absolute Gasteiger partial charge is 0.368 e. The third-order valence-electron chi connectivity index (χ3n) is 2.11. The van der Waals surface area contributed by atoms with Crippen LogP contribution >= 0.6 is 27.5 Å². The highest BCUT2D eigenvalue weighted by molar-refractivity contribution is 9.10. The lowest BCUT2D eigenvalue weighted by atomic mass is 10.1. The fraction of sp³-hybridized carbons (Fsp3) is 0.100. The van der Waals surface area contributed by atoms with E-state index in [0.717, 1.165) is 15.6 Å². The number of halogens is 2. The predicted molar refractivity (Wildman–Crippen MR) is 63.8 cm³/mol. The van der Waals surface area contributed by atoms with Crippen molar-refractivity contribution < 1.29 is 4.52 Å². The fourth-order valence-corrected chi connectivity index (χ4v) is 2.14. The molecule has 3 nitrogen and oxygen atoms in total. The van der Waals surface area contributed by atoms with E-state index >= 15 is 0 Å². The minimum atomic E-state index is 0.292. The van der Waals surface area contributed by atoms with E-state index in [4.69, 9.17) is 21.9 Å². The number of rotatable bonds is 1. The summed E-state index contributed by atoms with van der Waals surface area (Å²) in [4.78, 5) is 0. The quantitative estimate of drug-likeness (QED) is 0.871. The van der Waals surface area contributed by atoms with Crippen molar-refractivity contribution in [2.24, 2.45) is 0 Å². The molecule has 0 radical (unpaired) electrons. The third kappa shape index (κ3) is 2.01. The molecule has 78 valence electrons. The van der Waals surface area contributed by atoms with Crippen LogP contribution in [0.5, 0.6) is 0 Å². The number of hydrogen-bond donors (Lipinski definition) is 1. The molecular weight excluding hydrogens is 279 g/mol. The number of nitrogen functional groups attached to an aromatic ring is 1. The van der Waals surface area contributed by atoms with Gasteiger partial charge in [0.25, 0.3) is 0 Å². The minimum Gasteiger partial charge on any atom is -0.368 e. The van der Waals surface area contributed by atoms with Gasteiger partial charge in [0.2, 0.25) is 5.88 Å². The van der Waals surface area contributed by atoms with Crippen LogP contribution in [-0.4, -0.2) is 5.16 Å². The zero-order valence-corrected chi connectivity index (χ0v) is 10.3. The lowest BCUT2D eigenvalue weighted by Gasteiger charge is -2.04. The van der Waals surface area contributed by atoms with Crippen LogP contribution in [0.4, 0.5) is 5.88 Å². The molecule has 5 heteroatoms. The Bertz CT molecular complexity index is 510. The average molecular weight is 288 g/mol. The van der Waals surface area contributed by atoms with Crippen LogP contribution in [0.25, 0.3) is 11.3 Å². The number of benzene rings is 1. The maximum absolute atomic E-state index is 6.06. The van der Waals surface area contributed by atoms with Crippen LogP contribution in [0, 0.1) is 6.92 Å². The van der Waals surface area contributed by atoms with E-state index in [1.165, 1.54) is 0 Å². The summed E-state index contributed by atoms with van der Waals surface area (Å²) in [5.41, 5.74) is 8.02. The van der Waals surface area contributed by atoms with Crippen LogP contribution in [0.15, 0.2) is 27.2 Å². The molecule has 0 fully saturated rings. The molecule has 0 unspecified atom stereocenters. The van der Waals surface area contributed by atoms with Gasteiger partial charge in [0.15, 0.2) is 0 Å². The molecule has 0 aliphatic carbocycles. The Morgan fingerprint density at radius 3 is 2.73 bits per heavy atom. The molecule has 2 aromatic rings. The Labute approximate surface area is 100 Å². The second kappa shape index (κ2) is 3.87. The highest BCUT2D eigenvalue weighted by Gasteiger charge is 2.10. The maximum atomic E-state index is 6.06. The van der Waals surface area contributed by atoms with Gasteiger partial charge in [0, 0.05) is 21.1 Å². The molecule has 0 bridgehead atoms. The summed E-state index contributed by atoms with van der Waals surface area (Å²) < 4.78 is 5.72. The van der Waals surface area contributed by atoms with Gasteiger partial charge in [-0.25, -0.2) is 0 Å². The molecule has 0 amide bonds. The van der Waals surface area contributed by atoms with E-state index in [2.05, 4.69) is 21.1 Å². The first-order valence-corrected chi connectivity index (χ1v) is 5.43. The Kier molecular flexibility index (Phi) is 2.71. The highest BCUT2D eigenvalue weighted by atomic mass is 79.9. The topological polar surface area (TPSA) is 52.0 Å². The van der Waals surface area contributed by atoms with Gasteiger partial charge in [-0.05, 0) is 24.6 Å². The Hall–Kier alpha value is -1.00. The molecule has 2 N–H and O–H groups in total. The lowest BCUT2D eigenvalue weighted by Crippen LogP contribution is -1.85. The van der Waals surface area contributed by atoms with Crippen molar-refractivity contribution in [3.63, 3.8) is 0 Å². The van der Waals surface area contributed by atoms with E-state index < -0.39 is 0 Å². The molecule has 0 saturated heterocycles. The Morgan fingerprint density at radius 2 is 2.13 bits per heavy atom.